The van der Waals surface area contributed by atoms with Gasteiger partial charge in [0.05, 0.1) is 14.2 Å². The maximum Gasteiger partial charge on any atom is 0.139 e. The van der Waals surface area contributed by atoms with Crippen LogP contribution in [0.3, 0.4) is 0 Å². The predicted molar refractivity (Wildman–Crippen MR) is 115 cm³/mol. The van der Waals surface area contributed by atoms with Crippen molar-refractivity contribution in [2.75, 3.05) is 27.3 Å². The van der Waals surface area contributed by atoms with Crippen molar-refractivity contribution in [3.63, 3.8) is 0 Å². The molecule has 1 aromatic heterocycles. The molecule has 1 aliphatic heterocycles. The molecule has 0 aliphatic carbocycles. The first-order chi connectivity index (χ1) is 14.2. The van der Waals surface area contributed by atoms with Gasteiger partial charge in [0.2, 0.25) is 0 Å². The van der Waals surface area contributed by atoms with Crippen LogP contribution < -0.4 is 9.47 Å². The Morgan fingerprint density at radius 2 is 1.66 bits per heavy atom. The van der Waals surface area contributed by atoms with E-state index in [1.165, 1.54) is 24.0 Å². The van der Waals surface area contributed by atoms with Crippen molar-refractivity contribution in [3.8, 4) is 22.9 Å². The Hall–Kier alpha value is -2.79. The smallest absolute Gasteiger partial charge is 0.139 e. The van der Waals surface area contributed by atoms with Gasteiger partial charge in [-0.05, 0) is 49.5 Å². The Morgan fingerprint density at radius 3 is 2.31 bits per heavy atom. The van der Waals surface area contributed by atoms with E-state index in [0.29, 0.717) is 5.92 Å². The highest BCUT2D eigenvalue weighted by atomic mass is 16.5. The lowest BCUT2D eigenvalue weighted by Gasteiger charge is -2.32. The van der Waals surface area contributed by atoms with Crippen LogP contribution in [0.1, 0.15) is 18.4 Å². The molecule has 1 aliphatic rings. The van der Waals surface area contributed by atoms with Gasteiger partial charge in [-0.15, -0.1) is 0 Å². The topological polar surface area (TPSA) is 39.5 Å². The van der Waals surface area contributed by atoms with Gasteiger partial charge in [0.15, 0.2) is 0 Å². The number of hydrogen-bond donors (Lipinski definition) is 0. The average Bonchev–Trinajstić information content (AvgIpc) is 3.23. The summed E-state index contributed by atoms with van der Waals surface area (Å²) in [4.78, 5) is 7.11. The first-order valence-corrected chi connectivity index (χ1v) is 10.3. The first-order valence-electron chi connectivity index (χ1n) is 10.3. The van der Waals surface area contributed by atoms with E-state index in [1.807, 2.05) is 18.3 Å². The third-order valence-electron chi connectivity index (χ3n) is 5.73. The number of piperidine rings is 1. The normalized spacial score (nSPS) is 15.4. The van der Waals surface area contributed by atoms with Crippen molar-refractivity contribution < 1.29 is 9.47 Å². The molecule has 152 valence electrons. The fourth-order valence-corrected chi connectivity index (χ4v) is 4.13. The Bertz CT molecular complexity index is 893. The number of hydrogen-bond acceptors (Lipinski definition) is 4. The average molecular weight is 392 g/mol. The van der Waals surface area contributed by atoms with Crippen LogP contribution in [0, 0.1) is 5.92 Å². The molecule has 2 aromatic carbocycles. The Morgan fingerprint density at radius 1 is 0.966 bits per heavy atom. The zero-order valence-electron chi connectivity index (χ0n) is 17.3. The second-order valence-corrected chi connectivity index (χ2v) is 7.71. The van der Waals surface area contributed by atoms with Crippen molar-refractivity contribution in [1.82, 2.24) is 14.5 Å². The van der Waals surface area contributed by atoms with E-state index in [1.54, 1.807) is 14.2 Å². The Kier molecular flexibility index (Phi) is 6.15. The van der Waals surface area contributed by atoms with Crippen LogP contribution >= 0.6 is 0 Å². The summed E-state index contributed by atoms with van der Waals surface area (Å²) in [7, 11) is 3.40. The maximum absolute atomic E-state index is 5.40. The van der Waals surface area contributed by atoms with Gasteiger partial charge >= 0.3 is 0 Å². The van der Waals surface area contributed by atoms with Crippen molar-refractivity contribution in [3.05, 3.63) is 66.5 Å². The minimum absolute atomic E-state index is 0.683. The number of ether oxygens (including phenoxy) is 2. The number of nitrogens with zero attached hydrogens (tertiary/aromatic N) is 3. The summed E-state index contributed by atoms with van der Waals surface area (Å²) >= 11 is 0. The lowest BCUT2D eigenvalue weighted by molar-refractivity contribution is 0.167. The quantitative estimate of drug-likeness (QED) is 0.595. The monoisotopic (exact) mass is 391 g/mol. The minimum atomic E-state index is 0.683. The number of likely N-dealkylation sites (tertiary alicyclic amines) is 1. The lowest BCUT2D eigenvalue weighted by Crippen LogP contribution is -2.34. The second-order valence-electron chi connectivity index (χ2n) is 7.71. The molecule has 3 aromatic rings. The number of aromatic nitrogens is 2. The summed E-state index contributed by atoms with van der Waals surface area (Å²) in [5.74, 6) is 3.45. The van der Waals surface area contributed by atoms with E-state index in [-0.39, 0.29) is 0 Å². The fourth-order valence-electron chi connectivity index (χ4n) is 4.13. The molecule has 4 rings (SSSR count). The number of imidazole rings is 1. The van der Waals surface area contributed by atoms with E-state index in [4.69, 9.17) is 9.47 Å². The summed E-state index contributed by atoms with van der Waals surface area (Å²) in [5, 5.41) is 0. The summed E-state index contributed by atoms with van der Waals surface area (Å²) in [6, 6.07) is 16.6. The van der Waals surface area contributed by atoms with Crippen LogP contribution in [-0.2, 0) is 13.1 Å². The lowest BCUT2D eigenvalue weighted by atomic mass is 9.96. The third-order valence-corrected chi connectivity index (χ3v) is 5.73. The zero-order chi connectivity index (χ0) is 20.1. The SMILES string of the molecule is COc1cc(CN2CCC(Cn3ccnc3-c3ccccc3)CC2)cc(OC)c1. The third kappa shape index (κ3) is 4.80. The van der Waals surface area contributed by atoms with E-state index in [2.05, 4.69) is 57.0 Å². The fraction of sp³-hybridized carbons (Fsp3) is 0.375. The molecule has 0 amide bonds. The van der Waals surface area contributed by atoms with Gasteiger partial charge in [0.25, 0.3) is 0 Å². The molecular weight excluding hydrogens is 362 g/mol. The standard InChI is InChI=1S/C24H29N3O2/c1-28-22-14-20(15-23(16-22)29-2)17-26-11-8-19(9-12-26)18-27-13-10-25-24(27)21-6-4-3-5-7-21/h3-7,10,13-16,19H,8-9,11-12,17-18H2,1-2H3. The molecule has 5 heteroatoms. The number of rotatable bonds is 7. The molecule has 0 N–H and O–H groups in total. The molecular formula is C24H29N3O2. The van der Waals surface area contributed by atoms with E-state index < -0.39 is 0 Å². The van der Waals surface area contributed by atoms with Crippen LogP contribution in [0.2, 0.25) is 0 Å². The van der Waals surface area contributed by atoms with Crippen molar-refractivity contribution >= 4 is 0 Å². The van der Waals surface area contributed by atoms with E-state index in [0.717, 1.165) is 43.5 Å². The first kappa shape index (κ1) is 19.5. The van der Waals surface area contributed by atoms with Crippen LogP contribution in [0.15, 0.2) is 60.9 Å². The summed E-state index contributed by atoms with van der Waals surface area (Å²) < 4.78 is 13.1. The van der Waals surface area contributed by atoms with Gasteiger partial charge in [0, 0.05) is 37.1 Å². The highest BCUT2D eigenvalue weighted by Gasteiger charge is 2.21. The second kappa shape index (κ2) is 9.14. The predicted octanol–water partition coefficient (Wildman–Crippen LogP) is 4.48. The molecule has 0 unspecified atom stereocenters. The van der Waals surface area contributed by atoms with E-state index in [9.17, 15) is 0 Å². The summed E-state index contributed by atoms with van der Waals surface area (Å²) in [6.07, 6.45) is 6.42. The summed E-state index contributed by atoms with van der Waals surface area (Å²) in [6.45, 7) is 4.19. The molecule has 5 nitrogen and oxygen atoms in total. The van der Waals surface area contributed by atoms with Crippen LogP contribution in [0.5, 0.6) is 11.5 Å². The van der Waals surface area contributed by atoms with Crippen molar-refractivity contribution in [2.24, 2.45) is 5.92 Å². The molecule has 0 atom stereocenters. The Labute approximate surface area is 172 Å². The van der Waals surface area contributed by atoms with Crippen LogP contribution in [0.25, 0.3) is 11.4 Å². The van der Waals surface area contributed by atoms with Gasteiger partial charge in [-0.3, -0.25) is 4.90 Å². The minimum Gasteiger partial charge on any atom is -0.497 e. The van der Waals surface area contributed by atoms with Gasteiger partial charge in [-0.25, -0.2) is 4.98 Å². The van der Waals surface area contributed by atoms with Gasteiger partial charge in [-0.2, -0.15) is 0 Å². The van der Waals surface area contributed by atoms with Crippen LogP contribution in [-0.4, -0.2) is 41.8 Å². The largest absolute Gasteiger partial charge is 0.497 e. The van der Waals surface area contributed by atoms with E-state index >= 15 is 0 Å². The number of benzene rings is 2. The van der Waals surface area contributed by atoms with Gasteiger partial charge in [-0.1, -0.05) is 30.3 Å². The molecule has 29 heavy (non-hydrogen) atoms. The molecule has 0 saturated carbocycles. The van der Waals surface area contributed by atoms with Crippen molar-refractivity contribution in [1.29, 1.82) is 0 Å². The van der Waals surface area contributed by atoms with Gasteiger partial charge in [0.1, 0.15) is 17.3 Å². The molecule has 0 radical (unpaired) electrons. The number of methoxy groups -OCH3 is 2. The highest BCUT2D eigenvalue weighted by molar-refractivity contribution is 5.55. The molecule has 2 heterocycles. The highest BCUT2D eigenvalue weighted by Crippen LogP contribution is 2.27. The zero-order valence-corrected chi connectivity index (χ0v) is 17.3. The molecule has 1 saturated heterocycles. The Balaban J connectivity index is 1.35. The molecule has 0 spiro atoms. The summed E-state index contributed by atoms with van der Waals surface area (Å²) in [5.41, 5.74) is 2.42. The molecule has 0 bridgehead atoms. The van der Waals surface area contributed by atoms with Gasteiger partial charge < -0.3 is 14.0 Å². The molecule has 1 fully saturated rings. The maximum atomic E-state index is 5.40. The van der Waals surface area contributed by atoms with Crippen molar-refractivity contribution in [2.45, 2.75) is 25.9 Å². The van der Waals surface area contributed by atoms with Crippen LogP contribution in [0.4, 0.5) is 0 Å².